The number of cyclic esters (lactones) is 1. The van der Waals surface area contributed by atoms with E-state index in [9.17, 15) is 9.90 Å². The van der Waals surface area contributed by atoms with Gasteiger partial charge < -0.3 is 9.84 Å². The van der Waals surface area contributed by atoms with E-state index in [1.54, 1.807) is 4.52 Å². The van der Waals surface area contributed by atoms with Gasteiger partial charge in [-0.25, -0.2) is 14.3 Å². The number of aryl methyl sites for hydroxylation is 5. The summed E-state index contributed by atoms with van der Waals surface area (Å²) < 4.78 is 7.95. The first-order valence-corrected chi connectivity index (χ1v) is 13.1. The molecule has 1 fully saturated rings. The summed E-state index contributed by atoms with van der Waals surface area (Å²) in [6.45, 7) is 7.97. The molecule has 190 valence electrons. The van der Waals surface area contributed by atoms with Gasteiger partial charge in [-0.15, -0.1) is 5.10 Å². The van der Waals surface area contributed by atoms with E-state index in [-0.39, 0.29) is 23.7 Å². The largest absolute Gasteiger partial charge is 0.512 e. The summed E-state index contributed by atoms with van der Waals surface area (Å²) in [7, 11) is 0. The summed E-state index contributed by atoms with van der Waals surface area (Å²) >= 11 is 0. The van der Waals surface area contributed by atoms with Gasteiger partial charge in [0.25, 0.3) is 5.78 Å². The van der Waals surface area contributed by atoms with E-state index in [1.807, 2.05) is 26.8 Å². The van der Waals surface area contributed by atoms with Crippen molar-refractivity contribution < 1.29 is 14.6 Å². The summed E-state index contributed by atoms with van der Waals surface area (Å²) in [5.74, 6) is 0.846. The molecule has 0 radical (unpaired) electrons. The second-order valence-electron chi connectivity index (χ2n) is 10.5. The number of aromatic nitrogens is 5. The number of esters is 1. The fourth-order valence-electron chi connectivity index (χ4n) is 5.92. The second kappa shape index (κ2) is 9.64. The monoisotopic (exact) mass is 489 g/mol. The average Bonchev–Trinajstić information content (AvgIpc) is 3.50. The minimum absolute atomic E-state index is 0.109. The first kappa shape index (κ1) is 24.4. The molecule has 5 rings (SSSR count). The number of aliphatic hydroxyl groups excluding tert-OH is 1. The molecule has 1 atom stereocenters. The van der Waals surface area contributed by atoms with Gasteiger partial charge in [-0.2, -0.15) is 4.98 Å². The Hall–Kier alpha value is -3.29. The lowest BCUT2D eigenvalue weighted by atomic mass is 9.76. The Balaban J connectivity index is 1.41. The van der Waals surface area contributed by atoms with Crippen molar-refractivity contribution in [1.29, 1.82) is 0 Å². The fraction of sp³-hybridized carbons (Fsp3) is 0.536. The van der Waals surface area contributed by atoms with Crippen LogP contribution in [0.4, 0.5) is 0 Å². The van der Waals surface area contributed by atoms with Crippen molar-refractivity contribution in [3.05, 3.63) is 63.7 Å². The van der Waals surface area contributed by atoms with Crippen molar-refractivity contribution in [3.63, 3.8) is 0 Å². The second-order valence-corrected chi connectivity index (χ2v) is 10.5. The molecular weight excluding hydrogens is 454 g/mol. The number of rotatable bonds is 7. The van der Waals surface area contributed by atoms with E-state index in [2.05, 4.69) is 39.1 Å². The highest BCUT2D eigenvalue weighted by Crippen LogP contribution is 2.46. The molecule has 0 spiro atoms. The molecule has 1 aliphatic heterocycles. The quantitative estimate of drug-likeness (QED) is 0.472. The maximum Gasteiger partial charge on any atom is 0.338 e. The van der Waals surface area contributed by atoms with Gasteiger partial charge in [0.15, 0.2) is 5.82 Å². The van der Waals surface area contributed by atoms with Crippen LogP contribution in [-0.2, 0) is 28.8 Å². The van der Waals surface area contributed by atoms with Crippen molar-refractivity contribution in [3.8, 4) is 0 Å². The minimum atomic E-state index is -0.688. The zero-order valence-corrected chi connectivity index (χ0v) is 21.7. The Bertz CT molecular complexity index is 1340. The summed E-state index contributed by atoms with van der Waals surface area (Å²) in [4.78, 5) is 26.9. The van der Waals surface area contributed by atoms with Crippen LogP contribution < -0.4 is 0 Å². The number of fused-ring (bicyclic) bond motifs is 1. The van der Waals surface area contributed by atoms with Crippen LogP contribution >= 0.6 is 0 Å². The zero-order valence-electron chi connectivity index (χ0n) is 21.7. The molecule has 3 aromatic rings. The van der Waals surface area contributed by atoms with E-state index in [0.717, 1.165) is 61.3 Å². The Labute approximate surface area is 211 Å². The summed E-state index contributed by atoms with van der Waals surface area (Å²) in [6, 6.07) is 6.19. The van der Waals surface area contributed by atoms with Crippen LogP contribution in [-0.4, -0.2) is 41.2 Å². The molecule has 36 heavy (non-hydrogen) atoms. The normalized spacial score (nSPS) is 20.9. The highest BCUT2D eigenvalue weighted by molar-refractivity contribution is 5.90. The molecule has 8 nitrogen and oxygen atoms in total. The number of carbonyl (C=O) groups is 1. The highest BCUT2D eigenvalue weighted by Gasteiger charge is 2.48. The van der Waals surface area contributed by atoms with E-state index in [1.165, 1.54) is 5.56 Å². The third-order valence-electron chi connectivity index (χ3n) is 7.72. The zero-order chi connectivity index (χ0) is 25.4. The summed E-state index contributed by atoms with van der Waals surface area (Å²) in [5.41, 5.74) is 4.62. The third kappa shape index (κ3) is 4.73. The number of hydrogen-bond donors (Lipinski definition) is 1. The molecule has 0 saturated heterocycles. The molecule has 1 aliphatic carbocycles. The molecule has 0 amide bonds. The maximum atomic E-state index is 13.4. The maximum absolute atomic E-state index is 13.4. The fourth-order valence-corrected chi connectivity index (χ4v) is 5.92. The lowest BCUT2D eigenvalue weighted by molar-refractivity contribution is -0.167. The molecule has 1 N–H and O–H groups in total. The number of hydrogen-bond acceptors (Lipinski definition) is 7. The number of ether oxygens (including phenoxy) is 1. The van der Waals surface area contributed by atoms with Crippen molar-refractivity contribution in [1.82, 2.24) is 24.6 Å². The van der Waals surface area contributed by atoms with Crippen molar-refractivity contribution in [2.24, 2.45) is 5.92 Å². The number of nitrogens with zero attached hydrogens (tertiary/aromatic N) is 5. The van der Waals surface area contributed by atoms with Crippen LogP contribution in [0.25, 0.3) is 5.78 Å². The molecular formula is C28H35N5O3. The van der Waals surface area contributed by atoms with E-state index in [4.69, 9.17) is 4.74 Å². The van der Waals surface area contributed by atoms with E-state index < -0.39 is 11.6 Å². The predicted octanol–water partition coefficient (Wildman–Crippen LogP) is 4.87. The van der Waals surface area contributed by atoms with Gasteiger partial charge in [0.2, 0.25) is 0 Å². The minimum Gasteiger partial charge on any atom is -0.512 e. The molecule has 8 heteroatoms. The Morgan fingerprint density at radius 1 is 1.08 bits per heavy atom. The van der Waals surface area contributed by atoms with Gasteiger partial charge in [-0.3, -0.25) is 4.98 Å². The first-order valence-electron chi connectivity index (χ1n) is 13.1. The van der Waals surface area contributed by atoms with Gasteiger partial charge in [0.1, 0.15) is 11.4 Å². The standard InChI is InChI=1S/C28H35N5O3/c1-5-22-14-20(13-18(3)29-22)10-11-28(21-8-6-7-9-21)16-24(34)23(26(35)36-28)15-25-31-27-30-17(2)12-19(4)33(27)32-25/h12-14,21,34H,5-11,15-16H2,1-4H3. The Morgan fingerprint density at radius 2 is 1.83 bits per heavy atom. The molecule has 0 aromatic carbocycles. The summed E-state index contributed by atoms with van der Waals surface area (Å²) in [5, 5.41) is 15.7. The van der Waals surface area contributed by atoms with Gasteiger partial charge in [0.05, 0.1) is 5.57 Å². The van der Waals surface area contributed by atoms with Crippen LogP contribution in [0.5, 0.6) is 0 Å². The van der Waals surface area contributed by atoms with Crippen LogP contribution in [0.15, 0.2) is 29.5 Å². The van der Waals surface area contributed by atoms with Gasteiger partial charge in [-0.05, 0) is 82.6 Å². The molecule has 2 aliphatic rings. The SMILES string of the molecule is CCc1cc(CCC2(C3CCCC3)CC(O)=C(Cc3nc4nc(C)cc(C)n4n3)C(=O)O2)cc(C)n1. The average molecular weight is 490 g/mol. The van der Waals surface area contributed by atoms with Crippen molar-refractivity contribution in [2.75, 3.05) is 0 Å². The topological polar surface area (TPSA) is 102 Å². The van der Waals surface area contributed by atoms with Gasteiger partial charge in [-0.1, -0.05) is 19.8 Å². The molecule has 0 bridgehead atoms. The Morgan fingerprint density at radius 3 is 2.56 bits per heavy atom. The Kier molecular flexibility index (Phi) is 6.53. The molecule has 4 heterocycles. The van der Waals surface area contributed by atoms with Crippen molar-refractivity contribution >= 4 is 11.7 Å². The highest BCUT2D eigenvalue weighted by atomic mass is 16.6. The number of pyridine rings is 1. The predicted molar refractivity (Wildman–Crippen MR) is 136 cm³/mol. The third-order valence-corrected chi connectivity index (χ3v) is 7.72. The molecule has 1 saturated carbocycles. The van der Waals surface area contributed by atoms with Gasteiger partial charge >= 0.3 is 5.97 Å². The molecule has 1 unspecified atom stereocenters. The summed E-state index contributed by atoms with van der Waals surface area (Å²) in [6.07, 6.45) is 7.11. The van der Waals surface area contributed by atoms with Crippen LogP contribution in [0, 0.1) is 26.7 Å². The molecule has 3 aromatic heterocycles. The first-order chi connectivity index (χ1) is 17.3. The van der Waals surface area contributed by atoms with Crippen LogP contribution in [0.3, 0.4) is 0 Å². The van der Waals surface area contributed by atoms with Crippen LogP contribution in [0.1, 0.15) is 79.6 Å². The number of aliphatic hydroxyl groups is 1. The number of carbonyl (C=O) groups excluding carboxylic acids is 1. The van der Waals surface area contributed by atoms with E-state index >= 15 is 0 Å². The lowest BCUT2D eigenvalue weighted by Crippen LogP contribution is -2.46. The van der Waals surface area contributed by atoms with Gasteiger partial charge in [0, 0.05) is 35.6 Å². The van der Waals surface area contributed by atoms with Crippen LogP contribution in [0.2, 0.25) is 0 Å². The lowest BCUT2D eigenvalue weighted by Gasteiger charge is -2.41. The smallest absolute Gasteiger partial charge is 0.338 e. The van der Waals surface area contributed by atoms with Crippen molar-refractivity contribution in [2.45, 2.75) is 91.1 Å². The van der Waals surface area contributed by atoms with E-state index in [0.29, 0.717) is 24.4 Å².